The second-order valence-electron chi connectivity index (χ2n) is 10.9. The van der Waals surface area contributed by atoms with Crippen LogP contribution < -0.4 is 25.6 Å². The van der Waals surface area contributed by atoms with Gasteiger partial charge in [-0.05, 0) is 60.0 Å². The molecule has 4 aromatic rings. The summed E-state index contributed by atoms with van der Waals surface area (Å²) in [5.74, 6) is -4.11. The molecule has 1 aliphatic rings. The molecule has 9 heteroatoms. The van der Waals surface area contributed by atoms with Crippen LogP contribution in [0.3, 0.4) is 0 Å². The van der Waals surface area contributed by atoms with E-state index in [1.165, 1.54) is 16.9 Å². The molecule has 4 aromatic carbocycles. The van der Waals surface area contributed by atoms with Crippen molar-refractivity contribution in [3.63, 3.8) is 0 Å². The van der Waals surface area contributed by atoms with Crippen LogP contribution in [0.15, 0.2) is 109 Å². The van der Waals surface area contributed by atoms with Gasteiger partial charge in [0, 0.05) is 17.8 Å². The molecule has 224 valence electrons. The number of hydrogen-bond acceptors (Lipinski definition) is 5. The van der Waals surface area contributed by atoms with Crippen LogP contribution in [0.25, 0.3) is 0 Å². The fraction of sp³-hybridized carbons (Fsp3) is 0.200. The number of rotatable bonds is 9. The van der Waals surface area contributed by atoms with Gasteiger partial charge in [0.25, 0.3) is 0 Å². The lowest BCUT2D eigenvalue weighted by Gasteiger charge is -2.45. The van der Waals surface area contributed by atoms with E-state index in [4.69, 9.17) is 10.5 Å². The minimum Gasteiger partial charge on any atom is -0.497 e. The van der Waals surface area contributed by atoms with E-state index in [1.807, 2.05) is 12.1 Å². The number of para-hydroxylation sites is 4. The highest BCUT2D eigenvalue weighted by atomic mass is 16.5. The molecule has 1 heterocycles. The molecule has 0 radical (unpaired) electrons. The summed E-state index contributed by atoms with van der Waals surface area (Å²) in [4.78, 5) is 59.4. The lowest BCUT2D eigenvalue weighted by molar-refractivity contribution is -0.138. The van der Waals surface area contributed by atoms with Gasteiger partial charge in [-0.25, -0.2) is 0 Å². The highest BCUT2D eigenvalue weighted by molar-refractivity contribution is 6.23. The molecule has 9 nitrogen and oxygen atoms in total. The fourth-order valence-corrected chi connectivity index (χ4v) is 5.90. The molecule has 0 aromatic heterocycles. The third-order valence-electron chi connectivity index (χ3n) is 7.96. The number of fused-ring (bicyclic) bond motifs is 1. The van der Waals surface area contributed by atoms with Crippen molar-refractivity contribution in [2.24, 2.45) is 17.6 Å². The predicted molar refractivity (Wildman–Crippen MR) is 169 cm³/mol. The van der Waals surface area contributed by atoms with Gasteiger partial charge in [0.05, 0.1) is 18.5 Å². The first kappa shape index (κ1) is 30.0. The molecule has 0 saturated carbocycles. The number of carbonyl (C=O) groups is 4. The zero-order chi connectivity index (χ0) is 31.4. The van der Waals surface area contributed by atoms with Gasteiger partial charge in [0.2, 0.25) is 23.6 Å². The van der Waals surface area contributed by atoms with Crippen LogP contribution in [-0.4, -0.2) is 30.7 Å². The second-order valence-corrected chi connectivity index (χ2v) is 10.9. The van der Waals surface area contributed by atoms with E-state index in [2.05, 4.69) is 5.32 Å². The molecule has 0 bridgehead atoms. The van der Waals surface area contributed by atoms with Crippen molar-refractivity contribution in [3.8, 4) is 5.75 Å². The first-order chi connectivity index (χ1) is 21.2. The first-order valence-electron chi connectivity index (χ1n) is 14.3. The van der Waals surface area contributed by atoms with Crippen molar-refractivity contribution >= 4 is 46.4 Å². The Hall–Kier alpha value is -5.44. The molecular weight excluding hydrogens is 556 g/mol. The SMILES string of the molecule is COc1ccc(C(C(N)=O)(C(C)C)N2C(=O)C(CC(=O)Nc3ccccc3)C(=O)N(c3ccccc3)c3ccccc32)cc1. The van der Waals surface area contributed by atoms with E-state index in [9.17, 15) is 19.2 Å². The van der Waals surface area contributed by atoms with E-state index in [-0.39, 0.29) is 0 Å². The van der Waals surface area contributed by atoms with Crippen LogP contribution in [0.5, 0.6) is 5.75 Å². The number of anilines is 4. The second kappa shape index (κ2) is 12.4. The van der Waals surface area contributed by atoms with Crippen molar-refractivity contribution in [2.75, 3.05) is 22.2 Å². The zero-order valence-electron chi connectivity index (χ0n) is 24.8. The van der Waals surface area contributed by atoms with Gasteiger partial charge in [-0.1, -0.05) is 74.5 Å². The maximum atomic E-state index is 14.9. The number of carbonyl (C=O) groups excluding carboxylic acids is 4. The number of primary amides is 1. The molecule has 4 amide bonds. The molecule has 1 aliphatic heterocycles. The Morgan fingerprint density at radius 1 is 0.818 bits per heavy atom. The Labute approximate surface area is 256 Å². The lowest BCUT2D eigenvalue weighted by Crippen LogP contribution is -2.62. The third kappa shape index (κ3) is 5.28. The summed E-state index contributed by atoms with van der Waals surface area (Å²) < 4.78 is 5.34. The highest BCUT2D eigenvalue weighted by Gasteiger charge is 2.55. The van der Waals surface area contributed by atoms with E-state index >= 15 is 0 Å². The summed E-state index contributed by atoms with van der Waals surface area (Å²) in [7, 11) is 1.53. The van der Waals surface area contributed by atoms with Crippen LogP contribution in [0.2, 0.25) is 0 Å². The number of nitrogens with zero attached hydrogens (tertiary/aromatic N) is 2. The molecular formula is C35H34N4O5. The summed E-state index contributed by atoms with van der Waals surface area (Å²) >= 11 is 0. The molecule has 2 atom stereocenters. The van der Waals surface area contributed by atoms with Crippen molar-refractivity contribution in [1.29, 1.82) is 0 Å². The Morgan fingerprint density at radius 3 is 1.95 bits per heavy atom. The smallest absolute Gasteiger partial charge is 0.248 e. The maximum Gasteiger partial charge on any atom is 0.248 e. The van der Waals surface area contributed by atoms with Gasteiger partial charge in [-0.15, -0.1) is 0 Å². The average molecular weight is 591 g/mol. The van der Waals surface area contributed by atoms with Gasteiger partial charge >= 0.3 is 0 Å². The van der Waals surface area contributed by atoms with Crippen LogP contribution in [-0.2, 0) is 24.7 Å². The van der Waals surface area contributed by atoms with Crippen LogP contribution in [0.4, 0.5) is 22.7 Å². The van der Waals surface area contributed by atoms with Gasteiger partial charge in [-0.2, -0.15) is 0 Å². The van der Waals surface area contributed by atoms with Crippen molar-refractivity contribution in [3.05, 3.63) is 115 Å². The highest BCUT2D eigenvalue weighted by Crippen LogP contribution is 2.48. The number of amides is 4. The van der Waals surface area contributed by atoms with Crippen LogP contribution in [0, 0.1) is 11.8 Å². The molecule has 5 rings (SSSR count). The third-order valence-corrected chi connectivity index (χ3v) is 7.96. The monoisotopic (exact) mass is 590 g/mol. The largest absolute Gasteiger partial charge is 0.497 e. The lowest BCUT2D eigenvalue weighted by atomic mass is 9.76. The molecule has 2 unspecified atom stereocenters. The minimum atomic E-state index is -1.74. The molecule has 0 spiro atoms. The number of benzene rings is 4. The van der Waals surface area contributed by atoms with Gasteiger partial charge in [0.15, 0.2) is 5.54 Å². The molecule has 0 aliphatic carbocycles. The minimum absolute atomic E-state index is 0.309. The van der Waals surface area contributed by atoms with E-state index < -0.39 is 47.4 Å². The van der Waals surface area contributed by atoms with Crippen molar-refractivity contribution < 1.29 is 23.9 Å². The predicted octanol–water partition coefficient (Wildman–Crippen LogP) is 5.39. The molecule has 3 N–H and O–H groups in total. The summed E-state index contributed by atoms with van der Waals surface area (Å²) in [6.07, 6.45) is -0.462. The zero-order valence-corrected chi connectivity index (χ0v) is 24.8. The summed E-state index contributed by atoms with van der Waals surface area (Å²) in [6.45, 7) is 3.59. The van der Waals surface area contributed by atoms with Crippen LogP contribution in [0.1, 0.15) is 25.8 Å². The Morgan fingerprint density at radius 2 is 1.39 bits per heavy atom. The normalized spacial score (nSPS) is 16.1. The van der Waals surface area contributed by atoms with Gasteiger partial charge < -0.3 is 15.8 Å². The standard InChI is InChI=1S/C35H34N4O5/c1-23(2)35(34(36)43,24-18-20-27(44-3)21-19-24)39-30-17-11-10-16-29(30)38(26-14-8-5-9-15-26)32(41)28(33(39)42)22-31(40)37-25-12-6-4-7-13-25/h4-21,23,28H,22H2,1-3H3,(H2,36,43)(H,37,40). The number of nitrogens with two attached hydrogens (primary N) is 1. The molecule has 0 saturated heterocycles. The number of ether oxygens (including phenoxy) is 1. The van der Waals surface area contributed by atoms with E-state index in [0.29, 0.717) is 34.1 Å². The average Bonchev–Trinajstić information content (AvgIpc) is 3.11. The fourth-order valence-electron chi connectivity index (χ4n) is 5.90. The Bertz CT molecular complexity index is 1670. The van der Waals surface area contributed by atoms with E-state index in [1.54, 1.807) is 111 Å². The summed E-state index contributed by atoms with van der Waals surface area (Å²) in [5.41, 5.74) is 6.69. The number of methoxy groups -OCH3 is 1. The van der Waals surface area contributed by atoms with Crippen LogP contribution >= 0.6 is 0 Å². The van der Waals surface area contributed by atoms with Crippen molar-refractivity contribution in [2.45, 2.75) is 25.8 Å². The Balaban J connectivity index is 1.75. The van der Waals surface area contributed by atoms with Gasteiger partial charge in [0.1, 0.15) is 11.7 Å². The molecule has 0 fully saturated rings. The number of nitrogens with one attached hydrogen (secondary N) is 1. The summed E-state index contributed by atoms with van der Waals surface area (Å²) in [5, 5.41) is 2.78. The summed E-state index contributed by atoms with van der Waals surface area (Å²) in [6, 6.07) is 31.3. The number of hydrogen-bond donors (Lipinski definition) is 2. The van der Waals surface area contributed by atoms with E-state index in [0.717, 1.165) is 0 Å². The van der Waals surface area contributed by atoms with Crippen molar-refractivity contribution in [1.82, 2.24) is 0 Å². The maximum absolute atomic E-state index is 14.9. The molecule has 44 heavy (non-hydrogen) atoms. The Kier molecular flexibility index (Phi) is 8.48. The quantitative estimate of drug-likeness (QED) is 0.253. The van der Waals surface area contributed by atoms with Gasteiger partial charge in [-0.3, -0.25) is 29.0 Å². The first-order valence-corrected chi connectivity index (χ1v) is 14.3. The topological polar surface area (TPSA) is 122 Å².